The van der Waals surface area contributed by atoms with E-state index < -0.39 is 6.29 Å². The Kier molecular flexibility index (Phi) is 5.02. The van der Waals surface area contributed by atoms with Gasteiger partial charge in [0.25, 0.3) is 0 Å². The molecule has 2 fully saturated rings. The highest BCUT2D eigenvalue weighted by Crippen LogP contribution is 2.32. The molecule has 0 aliphatic carbocycles. The van der Waals surface area contributed by atoms with Gasteiger partial charge in [-0.2, -0.15) is 0 Å². The predicted molar refractivity (Wildman–Crippen MR) is 94.7 cm³/mol. The maximum Gasteiger partial charge on any atom is 0.338 e. The first-order chi connectivity index (χ1) is 12.7. The van der Waals surface area contributed by atoms with Gasteiger partial charge in [-0.05, 0) is 19.1 Å². The molecule has 0 saturated carbocycles. The van der Waals surface area contributed by atoms with E-state index in [2.05, 4.69) is 0 Å². The predicted octanol–water partition coefficient (Wildman–Crippen LogP) is 3.42. The molecule has 0 aromatic heterocycles. The highest BCUT2D eigenvalue weighted by Gasteiger charge is 2.39. The van der Waals surface area contributed by atoms with E-state index in [1.54, 1.807) is 12.1 Å². The van der Waals surface area contributed by atoms with Crippen LogP contribution in [0.15, 0.2) is 54.6 Å². The SMILES string of the molecule is Cc1ccc(C(=O)O[C@H]2CO[C@@H]3CO[C@H](c4ccccc4)O[C@H]3C2)cc1. The lowest BCUT2D eigenvalue weighted by molar-refractivity contribution is -0.287. The number of esters is 1. The van der Waals surface area contributed by atoms with Gasteiger partial charge in [0.1, 0.15) is 12.2 Å². The molecule has 2 aliphatic rings. The molecule has 0 bridgehead atoms. The molecule has 5 heteroatoms. The smallest absolute Gasteiger partial charge is 0.338 e. The van der Waals surface area contributed by atoms with Crippen LogP contribution < -0.4 is 0 Å². The second kappa shape index (κ2) is 7.58. The van der Waals surface area contributed by atoms with E-state index in [0.29, 0.717) is 25.2 Å². The molecule has 2 aromatic carbocycles. The quantitative estimate of drug-likeness (QED) is 0.791. The van der Waals surface area contributed by atoms with Crippen molar-refractivity contribution < 1.29 is 23.7 Å². The Morgan fingerprint density at radius 2 is 1.73 bits per heavy atom. The highest BCUT2D eigenvalue weighted by atomic mass is 16.7. The summed E-state index contributed by atoms with van der Waals surface area (Å²) < 4.78 is 23.3. The molecule has 26 heavy (non-hydrogen) atoms. The zero-order valence-electron chi connectivity index (χ0n) is 14.7. The molecule has 0 spiro atoms. The van der Waals surface area contributed by atoms with Crippen LogP contribution in [0.1, 0.15) is 34.2 Å². The van der Waals surface area contributed by atoms with Gasteiger partial charge in [-0.25, -0.2) is 4.79 Å². The number of hydrogen-bond acceptors (Lipinski definition) is 5. The summed E-state index contributed by atoms with van der Waals surface area (Å²) >= 11 is 0. The lowest BCUT2D eigenvalue weighted by atomic mass is 10.0. The largest absolute Gasteiger partial charge is 0.456 e. The molecule has 2 aromatic rings. The van der Waals surface area contributed by atoms with Crippen LogP contribution in [-0.4, -0.2) is 37.5 Å². The van der Waals surface area contributed by atoms with Crippen LogP contribution in [0.2, 0.25) is 0 Å². The summed E-state index contributed by atoms with van der Waals surface area (Å²) in [7, 11) is 0. The van der Waals surface area contributed by atoms with Crippen molar-refractivity contribution in [1.29, 1.82) is 0 Å². The number of ether oxygens (including phenoxy) is 4. The van der Waals surface area contributed by atoms with E-state index in [-0.39, 0.29) is 24.3 Å². The standard InChI is InChI=1S/C21H22O5/c1-14-7-9-15(10-8-14)20(22)25-17-11-18-19(23-12-17)13-24-21(26-18)16-5-3-2-4-6-16/h2-10,17-19,21H,11-13H2,1H3/t17-,18+,19-,21+/m1/s1. The molecule has 0 amide bonds. The second-order valence-corrected chi connectivity index (χ2v) is 6.75. The van der Waals surface area contributed by atoms with Crippen LogP contribution in [-0.2, 0) is 18.9 Å². The third-order valence-electron chi connectivity index (χ3n) is 4.75. The Morgan fingerprint density at radius 3 is 2.50 bits per heavy atom. The van der Waals surface area contributed by atoms with Gasteiger partial charge in [-0.15, -0.1) is 0 Å². The molecule has 0 radical (unpaired) electrons. The molecule has 2 heterocycles. The summed E-state index contributed by atoms with van der Waals surface area (Å²) in [4.78, 5) is 12.3. The van der Waals surface area contributed by atoms with Crippen LogP contribution in [0.3, 0.4) is 0 Å². The summed E-state index contributed by atoms with van der Waals surface area (Å²) in [5.74, 6) is -0.330. The monoisotopic (exact) mass is 354 g/mol. The van der Waals surface area contributed by atoms with Crippen molar-refractivity contribution >= 4 is 5.97 Å². The van der Waals surface area contributed by atoms with Gasteiger partial charge in [0, 0.05) is 12.0 Å². The van der Waals surface area contributed by atoms with Gasteiger partial charge in [0.15, 0.2) is 6.29 Å². The maximum absolute atomic E-state index is 12.3. The fourth-order valence-electron chi connectivity index (χ4n) is 3.27. The number of rotatable bonds is 3. The van der Waals surface area contributed by atoms with Crippen molar-refractivity contribution in [2.75, 3.05) is 13.2 Å². The Morgan fingerprint density at radius 1 is 0.962 bits per heavy atom. The second-order valence-electron chi connectivity index (χ2n) is 6.75. The molecule has 4 atom stereocenters. The minimum Gasteiger partial charge on any atom is -0.456 e. The Balaban J connectivity index is 1.37. The lowest BCUT2D eigenvalue weighted by Crippen LogP contribution is -2.50. The molecule has 136 valence electrons. The van der Waals surface area contributed by atoms with Gasteiger partial charge in [-0.1, -0.05) is 48.0 Å². The van der Waals surface area contributed by atoms with E-state index in [1.165, 1.54) is 0 Å². The normalized spacial score (nSPS) is 28.2. The molecule has 2 aliphatic heterocycles. The molecular formula is C21H22O5. The topological polar surface area (TPSA) is 54.0 Å². The zero-order valence-corrected chi connectivity index (χ0v) is 14.7. The number of benzene rings is 2. The number of fused-ring (bicyclic) bond motifs is 1. The van der Waals surface area contributed by atoms with Crippen LogP contribution in [0.4, 0.5) is 0 Å². The van der Waals surface area contributed by atoms with Crippen molar-refractivity contribution in [2.24, 2.45) is 0 Å². The fraction of sp³-hybridized carbons (Fsp3) is 0.381. The maximum atomic E-state index is 12.3. The van der Waals surface area contributed by atoms with Crippen LogP contribution >= 0.6 is 0 Å². The average Bonchev–Trinajstić information content (AvgIpc) is 2.68. The Bertz CT molecular complexity index is 743. The summed E-state index contributed by atoms with van der Waals surface area (Å²) in [6.45, 7) is 2.82. The first-order valence-corrected chi connectivity index (χ1v) is 8.90. The lowest BCUT2D eigenvalue weighted by Gasteiger charge is -2.41. The van der Waals surface area contributed by atoms with Crippen molar-refractivity contribution in [3.8, 4) is 0 Å². The third kappa shape index (κ3) is 3.80. The number of carbonyl (C=O) groups is 1. The van der Waals surface area contributed by atoms with Crippen molar-refractivity contribution in [3.63, 3.8) is 0 Å². The average molecular weight is 354 g/mol. The first kappa shape index (κ1) is 17.2. The van der Waals surface area contributed by atoms with Crippen LogP contribution in [0.5, 0.6) is 0 Å². The number of hydrogen-bond donors (Lipinski definition) is 0. The van der Waals surface area contributed by atoms with Gasteiger partial charge in [0.2, 0.25) is 0 Å². The highest BCUT2D eigenvalue weighted by molar-refractivity contribution is 5.89. The summed E-state index contributed by atoms with van der Waals surface area (Å²) in [5, 5.41) is 0. The summed E-state index contributed by atoms with van der Waals surface area (Å²) in [6, 6.07) is 17.2. The van der Waals surface area contributed by atoms with Crippen molar-refractivity contribution in [2.45, 2.75) is 37.9 Å². The first-order valence-electron chi connectivity index (χ1n) is 8.90. The third-order valence-corrected chi connectivity index (χ3v) is 4.75. The fourth-order valence-corrected chi connectivity index (χ4v) is 3.27. The van der Waals surface area contributed by atoms with E-state index in [9.17, 15) is 4.79 Å². The molecule has 4 rings (SSSR count). The van der Waals surface area contributed by atoms with Gasteiger partial charge < -0.3 is 18.9 Å². The van der Waals surface area contributed by atoms with E-state index >= 15 is 0 Å². The molecular weight excluding hydrogens is 332 g/mol. The summed E-state index contributed by atoms with van der Waals surface area (Å²) in [6.07, 6.45) is -0.399. The van der Waals surface area contributed by atoms with Gasteiger partial charge in [-0.3, -0.25) is 0 Å². The Labute approximate surface area is 152 Å². The number of aryl methyl sites for hydroxylation is 1. The minimum atomic E-state index is -0.410. The van der Waals surface area contributed by atoms with Gasteiger partial charge >= 0.3 is 5.97 Å². The van der Waals surface area contributed by atoms with Crippen LogP contribution in [0, 0.1) is 6.92 Å². The zero-order chi connectivity index (χ0) is 17.9. The molecule has 0 unspecified atom stereocenters. The minimum absolute atomic E-state index is 0.121. The molecule has 5 nitrogen and oxygen atoms in total. The Hall–Kier alpha value is -2.21. The van der Waals surface area contributed by atoms with Gasteiger partial charge in [0.05, 0.1) is 24.9 Å². The van der Waals surface area contributed by atoms with E-state index in [0.717, 1.165) is 11.1 Å². The van der Waals surface area contributed by atoms with Crippen LogP contribution in [0.25, 0.3) is 0 Å². The molecule has 0 N–H and O–H groups in total. The van der Waals surface area contributed by atoms with E-state index in [4.69, 9.17) is 18.9 Å². The van der Waals surface area contributed by atoms with Crippen molar-refractivity contribution in [1.82, 2.24) is 0 Å². The summed E-state index contributed by atoms with van der Waals surface area (Å²) in [5.41, 5.74) is 2.63. The van der Waals surface area contributed by atoms with E-state index in [1.807, 2.05) is 49.4 Å². The molecule has 2 saturated heterocycles. The van der Waals surface area contributed by atoms with Crippen molar-refractivity contribution in [3.05, 3.63) is 71.3 Å². The number of carbonyl (C=O) groups excluding carboxylic acids is 1.